The number of para-hydroxylation sites is 2. The number of carbonyl (C=O) groups is 1. The Hall–Kier alpha value is -2.99. The summed E-state index contributed by atoms with van der Waals surface area (Å²) in [6, 6.07) is 17.0. The molecule has 0 aliphatic rings. The van der Waals surface area contributed by atoms with Crippen molar-refractivity contribution in [2.24, 2.45) is 0 Å². The number of anilines is 1. The number of nitrogens with one attached hydrogen (secondary N) is 1. The molecule has 0 aliphatic carbocycles. The zero-order valence-corrected chi connectivity index (χ0v) is 15.2. The number of oxazole rings is 1. The highest BCUT2D eigenvalue weighted by Crippen LogP contribution is 2.19. The summed E-state index contributed by atoms with van der Waals surface area (Å²) < 4.78 is 6.51. The summed E-state index contributed by atoms with van der Waals surface area (Å²) >= 11 is 3.31. The molecule has 0 radical (unpaired) electrons. The van der Waals surface area contributed by atoms with Crippen molar-refractivity contribution in [3.63, 3.8) is 0 Å². The van der Waals surface area contributed by atoms with Gasteiger partial charge in [-0.15, -0.1) is 0 Å². The Kier molecular flexibility index (Phi) is 4.50. The van der Waals surface area contributed by atoms with E-state index in [4.69, 9.17) is 4.42 Å². The molecule has 4 aromatic rings. The van der Waals surface area contributed by atoms with Crippen molar-refractivity contribution < 1.29 is 9.21 Å². The van der Waals surface area contributed by atoms with Crippen molar-refractivity contribution in [3.8, 4) is 0 Å². The molecule has 0 aliphatic heterocycles. The first-order valence-corrected chi connectivity index (χ1v) is 8.82. The van der Waals surface area contributed by atoms with Crippen LogP contribution in [0.15, 0.2) is 75.9 Å². The summed E-state index contributed by atoms with van der Waals surface area (Å²) in [5.74, 6) is 0.466. The normalized spacial score (nSPS) is 10.8. The second-order valence-electron chi connectivity index (χ2n) is 5.79. The molecule has 1 N–H and O–H groups in total. The summed E-state index contributed by atoms with van der Waals surface area (Å²) in [6.45, 7) is 0. The van der Waals surface area contributed by atoms with Gasteiger partial charge in [0.05, 0.1) is 5.56 Å². The van der Waals surface area contributed by atoms with Crippen molar-refractivity contribution in [2.75, 3.05) is 5.32 Å². The maximum absolute atomic E-state index is 12.2. The molecule has 2 aromatic carbocycles. The van der Waals surface area contributed by atoms with Gasteiger partial charge in [0.1, 0.15) is 5.52 Å². The van der Waals surface area contributed by atoms with E-state index in [0.717, 1.165) is 26.8 Å². The Morgan fingerprint density at radius 1 is 1.08 bits per heavy atom. The second kappa shape index (κ2) is 7.09. The third kappa shape index (κ3) is 3.65. The lowest BCUT2D eigenvalue weighted by Gasteiger charge is -2.06. The minimum atomic E-state index is -0.203. The number of rotatable bonds is 4. The molecule has 2 heterocycles. The molecule has 5 nitrogen and oxygen atoms in total. The van der Waals surface area contributed by atoms with Crippen LogP contribution >= 0.6 is 15.9 Å². The van der Waals surface area contributed by atoms with Crippen molar-refractivity contribution >= 4 is 38.6 Å². The van der Waals surface area contributed by atoms with Crippen molar-refractivity contribution in [1.29, 1.82) is 0 Å². The molecule has 1 amide bonds. The Morgan fingerprint density at radius 3 is 2.65 bits per heavy atom. The molecule has 26 heavy (non-hydrogen) atoms. The Bertz CT molecular complexity index is 1040. The van der Waals surface area contributed by atoms with Crippen LogP contribution in [0.1, 0.15) is 21.8 Å². The van der Waals surface area contributed by atoms with Crippen LogP contribution in [-0.2, 0) is 6.42 Å². The van der Waals surface area contributed by atoms with E-state index in [1.807, 2.05) is 48.5 Å². The molecule has 128 valence electrons. The number of halogens is 1. The van der Waals surface area contributed by atoms with Gasteiger partial charge in [-0.05, 0) is 51.8 Å². The number of pyridine rings is 1. The predicted octanol–water partition coefficient (Wildman–Crippen LogP) is 4.83. The predicted molar refractivity (Wildman–Crippen MR) is 103 cm³/mol. The van der Waals surface area contributed by atoms with E-state index in [-0.39, 0.29) is 5.91 Å². The van der Waals surface area contributed by atoms with Crippen LogP contribution in [0.3, 0.4) is 0 Å². The Labute approximate surface area is 158 Å². The van der Waals surface area contributed by atoms with E-state index < -0.39 is 0 Å². The van der Waals surface area contributed by atoms with E-state index in [9.17, 15) is 4.79 Å². The maximum atomic E-state index is 12.2. The molecule has 0 saturated heterocycles. The molecule has 0 spiro atoms. The van der Waals surface area contributed by atoms with Gasteiger partial charge in [0.25, 0.3) is 5.91 Å². The van der Waals surface area contributed by atoms with Crippen molar-refractivity contribution in [2.45, 2.75) is 6.42 Å². The second-order valence-corrected chi connectivity index (χ2v) is 6.71. The zero-order valence-electron chi connectivity index (χ0n) is 13.6. The first-order chi connectivity index (χ1) is 12.7. The Balaban J connectivity index is 1.45. The van der Waals surface area contributed by atoms with Crippen molar-refractivity contribution in [1.82, 2.24) is 9.97 Å². The largest absolute Gasteiger partial charge is 0.440 e. The zero-order chi connectivity index (χ0) is 17.9. The number of nitrogens with zero attached hydrogens (tertiary/aromatic N) is 2. The molecule has 0 fully saturated rings. The van der Waals surface area contributed by atoms with Crippen LogP contribution in [0.25, 0.3) is 11.1 Å². The molecular formula is C20H14BrN3O2. The number of carbonyl (C=O) groups excluding carboxylic acids is 1. The van der Waals surface area contributed by atoms with Gasteiger partial charge in [0.2, 0.25) is 0 Å². The average molecular weight is 408 g/mol. The molecule has 0 atom stereocenters. The SMILES string of the molecule is O=C(Nc1ccc(Cc2nc3ccccc3o2)cc1)c1cncc(Br)c1. The fraction of sp³-hybridized carbons (Fsp3) is 0.0500. The summed E-state index contributed by atoms with van der Waals surface area (Å²) in [5, 5.41) is 2.86. The highest BCUT2D eigenvalue weighted by molar-refractivity contribution is 9.10. The summed E-state index contributed by atoms with van der Waals surface area (Å²) in [4.78, 5) is 20.7. The number of hydrogen-bond acceptors (Lipinski definition) is 4. The third-order valence-electron chi connectivity index (χ3n) is 3.87. The summed E-state index contributed by atoms with van der Waals surface area (Å²) in [7, 11) is 0. The molecule has 4 rings (SSSR count). The van der Waals surface area contributed by atoms with E-state index in [1.54, 1.807) is 12.3 Å². The molecule has 0 unspecified atom stereocenters. The average Bonchev–Trinajstić information content (AvgIpc) is 3.05. The van der Waals surface area contributed by atoms with Crippen LogP contribution in [0, 0.1) is 0 Å². The van der Waals surface area contributed by atoms with Gasteiger partial charge < -0.3 is 9.73 Å². The minimum Gasteiger partial charge on any atom is -0.440 e. The van der Waals surface area contributed by atoms with Gasteiger partial charge in [-0.2, -0.15) is 0 Å². The molecule has 6 heteroatoms. The first-order valence-electron chi connectivity index (χ1n) is 8.03. The number of amides is 1. The van der Waals surface area contributed by atoms with Crippen LogP contribution in [-0.4, -0.2) is 15.9 Å². The van der Waals surface area contributed by atoms with Gasteiger partial charge >= 0.3 is 0 Å². The first kappa shape index (κ1) is 16.5. The van der Waals surface area contributed by atoms with E-state index in [0.29, 0.717) is 17.9 Å². The fourth-order valence-electron chi connectivity index (χ4n) is 2.62. The van der Waals surface area contributed by atoms with Gasteiger partial charge in [-0.25, -0.2) is 4.98 Å². The lowest BCUT2D eigenvalue weighted by Crippen LogP contribution is -2.12. The van der Waals surface area contributed by atoms with Crippen LogP contribution in [0.5, 0.6) is 0 Å². The quantitative estimate of drug-likeness (QED) is 0.525. The highest BCUT2D eigenvalue weighted by Gasteiger charge is 2.09. The number of hydrogen-bond donors (Lipinski definition) is 1. The standard InChI is InChI=1S/C20H14BrN3O2/c21-15-10-14(11-22-12-15)20(25)23-16-7-5-13(6-8-16)9-19-24-17-3-1-2-4-18(17)26-19/h1-8,10-12H,9H2,(H,23,25). The van der Waals surface area contributed by atoms with Gasteiger partial charge in [-0.1, -0.05) is 24.3 Å². The Morgan fingerprint density at radius 2 is 1.88 bits per heavy atom. The lowest BCUT2D eigenvalue weighted by molar-refractivity contribution is 0.102. The van der Waals surface area contributed by atoms with Crippen LogP contribution in [0.4, 0.5) is 5.69 Å². The topological polar surface area (TPSA) is 68.0 Å². The molecule has 0 bridgehead atoms. The highest BCUT2D eigenvalue weighted by atomic mass is 79.9. The summed E-state index contributed by atoms with van der Waals surface area (Å²) in [6.07, 6.45) is 3.76. The van der Waals surface area contributed by atoms with Gasteiger partial charge in [-0.3, -0.25) is 9.78 Å². The molecule has 2 aromatic heterocycles. The summed E-state index contributed by atoms with van der Waals surface area (Å²) in [5.41, 5.74) is 3.91. The third-order valence-corrected chi connectivity index (χ3v) is 4.31. The number of fused-ring (bicyclic) bond motifs is 1. The maximum Gasteiger partial charge on any atom is 0.257 e. The van der Waals surface area contributed by atoms with Crippen LogP contribution in [0.2, 0.25) is 0 Å². The fourth-order valence-corrected chi connectivity index (χ4v) is 2.98. The van der Waals surface area contributed by atoms with Gasteiger partial charge in [0, 0.05) is 29.0 Å². The van der Waals surface area contributed by atoms with E-state index >= 15 is 0 Å². The van der Waals surface area contributed by atoms with Gasteiger partial charge in [0.15, 0.2) is 11.5 Å². The smallest absolute Gasteiger partial charge is 0.257 e. The van der Waals surface area contributed by atoms with E-state index in [2.05, 4.69) is 31.2 Å². The number of benzene rings is 2. The monoisotopic (exact) mass is 407 g/mol. The molecule has 0 saturated carbocycles. The van der Waals surface area contributed by atoms with Crippen LogP contribution < -0.4 is 5.32 Å². The number of aromatic nitrogens is 2. The minimum absolute atomic E-state index is 0.203. The molecular weight excluding hydrogens is 394 g/mol. The lowest BCUT2D eigenvalue weighted by atomic mass is 10.1. The van der Waals surface area contributed by atoms with E-state index in [1.165, 1.54) is 6.20 Å². The van der Waals surface area contributed by atoms with Crippen molar-refractivity contribution in [3.05, 3.63) is 88.5 Å².